The summed E-state index contributed by atoms with van der Waals surface area (Å²) in [5.41, 5.74) is 0.935. The Kier molecular flexibility index (Phi) is 4.01. The smallest absolute Gasteiger partial charge is 0.325 e. The van der Waals surface area contributed by atoms with Gasteiger partial charge in [-0.2, -0.15) is 0 Å². The van der Waals surface area contributed by atoms with Gasteiger partial charge in [0.15, 0.2) is 0 Å². The standard InChI is InChI=1S/C13H15BrN2O2/c1-2-4-11-12(17)16(13(18)15-11)8-9-5-3-6-10(14)7-9/h3,5-7,11H,2,4,8H2,1H3,(H,15,18). The van der Waals surface area contributed by atoms with Crippen molar-refractivity contribution in [3.8, 4) is 0 Å². The molecule has 0 aliphatic carbocycles. The van der Waals surface area contributed by atoms with Gasteiger partial charge < -0.3 is 5.32 Å². The second-order valence-corrected chi connectivity index (χ2v) is 5.26. The molecule has 1 fully saturated rings. The van der Waals surface area contributed by atoms with Crippen molar-refractivity contribution in [2.45, 2.75) is 32.4 Å². The second-order valence-electron chi connectivity index (χ2n) is 4.35. The average Bonchev–Trinajstić information content (AvgIpc) is 2.58. The van der Waals surface area contributed by atoms with Crippen LogP contribution in [0.15, 0.2) is 28.7 Å². The first-order chi connectivity index (χ1) is 8.61. The van der Waals surface area contributed by atoms with E-state index in [9.17, 15) is 9.59 Å². The van der Waals surface area contributed by atoms with E-state index in [1.165, 1.54) is 4.90 Å². The molecule has 3 amide bonds. The number of rotatable bonds is 4. The van der Waals surface area contributed by atoms with Gasteiger partial charge in [-0.3, -0.25) is 9.69 Å². The molecule has 1 unspecified atom stereocenters. The fraction of sp³-hybridized carbons (Fsp3) is 0.385. The van der Waals surface area contributed by atoms with E-state index in [1.54, 1.807) is 0 Å². The lowest BCUT2D eigenvalue weighted by molar-refractivity contribution is -0.128. The molecule has 18 heavy (non-hydrogen) atoms. The molecule has 0 bridgehead atoms. The van der Waals surface area contributed by atoms with E-state index in [0.29, 0.717) is 13.0 Å². The van der Waals surface area contributed by atoms with Crippen LogP contribution in [0, 0.1) is 0 Å². The number of amides is 3. The number of nitrogens with one attached hydrogen (secondary N) is 1. The number of urea groups is 1. The number of nitrogens with zero attached hydrogens (tertiary/aromatic N) is 1. The summed E-state index contributed by atoms with van der Waals surface area (Å²) in [6.45, 7) is 2.32. The third-order valence-corrected chi connectivity index (χ3v) is 3.41. The predicted octanol–water partition coefficient (Wildman–Crippen LogP) is 2.67. The molecule has 2 rings (SSSR count). The Hall–Kier alpha value is -1.36. The minimum Gasteiger partial charge on any atom is -0.326 e. The van der Waals surface area contributed by atoms with Crippen molar-refractivity contribution in [3.63, 3.8) is 0 Å². The molecule has 1 atom stereocenters. The molecule has 1 aliphatic heterocycles. The lowest BCUT2D eigenvalue weighted by Gasteiger charge is -2.13. The molecule has 1 heterocycles. The Labute approximate surface area is 114 Å². The van der Waals surface area contributed by atoms with Gasteiger partial charge in [-0.25, -0.2) is 4.79 Å². The molecular weight excluding hydrogens is 296 g/mol. The number of carbonyl (C=O) groups is 2. The van der Waals surface area contributed by atoms with Crippen molar-refractivity contribution in [2.24, 2.45) is 0 Å². The highest BCUT2D eigenvalue weighted by Crippen LogP contribution is 2.17. The quantitative estimate of drug-likeness (QED) is 0.869. The summed E-state index contributed by atoms with van der Waals surface area (Å²) < 4.78 is 0.942. The average molecular weight is 311 g/mol. The van der Waals surface area contributed by atoms with Crippen molar-refractivity contribution >= 4 is 27.9 Å². The van der Waals surface area contributed by atoms with Gasteiger partial charge in [-0.05, 0) is 24.1 Å². The number of benzene rings is 1. The lowest BCUT2D eigenvalue weighted by Crippen LogP contribution is -2.30. The zero-order chi connectivity index (χ0) is 13.1. The summed E-state index contributed by atoms with van der Waals surface area (Å²) in [7, 11) is 0. The van der Waals surface area contributed by atoms with Crippen LogP contribution in [0.1, 0.15) is 25.3 Å². The minimum atomic E-state index is -0.352. The highest BCUT2D eigenvalue weighted by molar-refractivity contribution is 9.10. The second kappa shape index (κ2) is 5.52. The maximum Gasteiger partial charge on any atom is 0.325 e. The van der Waals surface area contributed by atoms with E-state index < -0.39 is 0 Å². The summed E-state index contributed by atoms with van der Waals surface area (Å²) >= 11 is 3.37. The SMILES string of the molecule is CCCC1NC(=O)N(Cc2cccc(Br)c2)C1=O. The number of halogens is 1. The van der Waals surface area contributed by atoms with Crippen molar-refractivity contribution in [1.82, 2.24) is 10.2 Å². The molecule has 0 saturated carbocycles. The Bertz CT molecular complexity index is 476. The van der Waals surface area contributed by atoms with Crippen molar-refractivity contribution < 1.29 is 9.59 Å². The number of carbonyl (C=O) groups excluding carboxylic acids is 2. The first kappa shape index (κ1) is 13.1. The van der Waals surface area contributed by atoms with Crippen LogP contribution in [0.3, 0.4) is 0 Å². The van der Waals surface area contributed by atoms with Gasteiger partial charge in [0.2, 0.25) is 0 Å². The topological polar surface area (TPSA) is 49.4 Å². The van der Waals surface area contributed by atoms with Crippen LogP contribution in [0.25, 0.3) is 0 Å². The summed E-state index contributed by atoms with van der Waals surface area (Å²) in [5.74, 6) is -0.123. The highest BCUT2D eigenvalue weighted by atomic mass is 79.9. The van der Waals surface area contributed by atoms with Gasteiger partial charge in [-0.15, -0.1) is 0 Å². The van der Waals surface area contributed by atoms with Crippen molar-refractivity contribution in [2.75, 3.05) is 0 Å². The van der Waals surface area contributed by atoms with Gasteiger partial charge in [0.25, 0.3) is 5.91 Å². The number of hydrogen-bond acceptors (Lipinski definition) is 2. The van der Waals surface area contributed by atoms with Crippen LogP contribution in [0.4, 0.5) is 4.79 Å². The number of hydrogen-bond donors (Lipinski definition) is 1. The highest BCUT2D eigenvalue weighted by Gasteiger charge is 2.36. The van der Waals surface area contributed by atoms with Crippen LogP contribution in [0.5, 0.6) is 0 Å². The summed E-state index contributed by atoms with van der Waals surface area (Å²) in [5, 5.41) is 2.72. The molecule has 0 aromatic heterocycles. The molecule has 1 aliphatic rings. The lowest BCUT2D eigenvalue weighted by atomic mass is 10.1. The van der Waals surface area contributed by atoms with Crippen LogP contribution in [-0.2, 0) is 11.3 Å². The van der Waals surface area contributed by atoms with Crippen LogP contribution >= 0.6 is 15.9 Å². The summed E-state index contributed by atoms with van der Waals surface area (Å²) in [4.78, 5) is 25.0. The van der Waals surface area contributed by atoms with Crippen LogP contribution < -0.4 is 5.32 Å². The third-order valence-electron chi connectivity index (χ3n) is 2.91. The van der Waals surface area contributed by atoms with Crippen LogP contribution in [-0.4, -0.2) is 22.9 Å². The number of imide groups is 1. The molecule has 0 spiro atoms. The first-order valence-electron chi connectivity index (χ1n) is 5.98. The molecule has 96 valence electrons. The van der Waals surface area contributed by atoms with E-state index >= 15 is 0 Å². The Balaban J connectivity index is 2.10. The fourth-order valence-electron chi connectivity index (χ4n) is 2.03. The Morgan fingerprint density at radius 1 is 1.39 bits per heavy atom. The van der Waals surface area contributed by atoms with Crippen molar-refractivity contribution in [3.05, 3.63) is 34.3 Å². The van der Waals surface area contributed by atoms with E-state index in [2.05, 4.69) is 21.2 Å². The Morgan fingerprint density at radius 2 is 2.17 bits per heavy atom. The van der Waals surface area contributed by atoms with Gasteiger partial charge in [-0.1, -0.05) is 41.4 Å². The Morgan fingerprint density at radius 3 is 2.83 bits per heavy atom. The third kappa shape index (κ3) is 2.72. The normalized spacial score (nSPS) is 19.2. The molecule has 1 aromatic carbocycles. The molecule has 1 aromatic rings. The summed E-state index contributed by atoms with van der Waals surface area (Å²) in [6, 6.07) is 6.97. The zero-order valence-electron chi connectivity index (χ0n) is 10.1. The maximum atomic E-state index is 12.0. The van der Waals surface area contributed by atoms with Gasteiger partial charge >= 0.3 is 6.03 Å². The van der Waals surface area contributed by atoms with Gasteiger partial charge in [0.1, 0.15) is 6.04 Å². The van der Waals surface area contributed by atoms with Crippen LogP contribution in [0.2, 0.25) is 0 Å². The fourth-order valence-corrected chi connectivity index (χ4v) is 2.48. The van der Waals surface area contributed by atoms with E-state index in [4.69, 9.17) is 0 Å². The van der Waals surface area contributed by atoms with Crippen molar-refractivity contribution in [1.29, 1.82) is 0 Å². The molecule has 1 N–H and O–H groups in total. The predicted molar refractivity (Wildman–Crippen MR) is 71.9 cm³/mol. The first-order valence-corrected chi connectivity index (χ1v) is 6.77. The molecule has 1 saturated heterocycles. The molecular formula is C13H15BrN2O2. The maximum absolute atomic E-state index is 12.0. The van der Waals surface area contributed by atoms with E-state index in [1.807, 2.05) is 31.2 Å². The van der Waals surface area contributed by atoms with E-state index in [0.717, 1.165) is 16.5 Å². The van der Waals surface area contributed by atoms with E-state index in [-0.39, 0.29) is 18.0 Å². The molecule has 4 nitrogen and oxygen atoms in total. The summed E-state index contributed by atoms with van der Waals surface area (Å²) in [6.07, 6.45) is 1.57. The minimum absolute atomic E-state index is 0.123. The monoisotopic (exact) mass is 310 g/mol. The largest absolute Gasteiger partial charge is 0.326 e. The molecule has 5 heteroatoms. The van der Waals surface area contributed by atoms with Gasteiger partial charge in [0, 0.05) is 4.47 Å². The molecule has 0 radical (unpaired) electrons. The zero-order valence-corrected chi connectivity index (χ0v) is 11.7. The van der Waals surface area contributed by atoms with Gasteiger partial charge in [0.05, 0.1) is 6.54 Å².